The van der Waals surface area contributed by atoms with Crippen LogP contribution in [0.15, 0.2) is 52.4 Å². The molecule has 0 spiro atoms. The number of halogens is 1. The molecule has 29 heavy (non-hydrogen) atoms. The summed E-state index contributed by atoms with van der Waals surface area (Å²) in [7, 11) is 0. The van der Waals surface area contributed by atoms with E-state index in [0.29, 0.717) is 44.5 Å². The predicted octanol–water partition coefficient (Wildman–Crippen LogP) is 4.09. The van der Waals surface area contributed by atoms with Gasteiger partial charge in [0.15, 0.2) is 23.3 Å². The molecule has 1 heterocycles. The fraction of sp³-hybridized carbons (Fsp3) is 0.150. The zero-order valence-corrected chi connectivity index (χ0v) is 16.9. The van der Waals surface area contributed by atoms with Crippen LogP contribution in [0.3, 0.4) is 0 Å². The number of nitrogens with one attached hydrogen (secondary N) is 1. The molecule has 2 aromatic carbocycles. The lowest BCUT2D eigenvalue weighted by molar-refractivity contribution is -0.139. The third kappa shape index (κ3) is 5.75. The first-order valence-corrected chi connectivity index (χ1v) is 9.80. The van der Waals surface area contributed by atoms with Crippen molar-refractivity contribution < 1.29 is 24.2 Å². The Bertz CT molecular complexity index is 1010. The first-order chi connectivity index (χ1) is 13.9. The fourth-order valence-electron chi connectivity index (χ4n) is 2.44. The molecular formula is C20H17ClN2O5S. The van der Waals surface area contributed by atoms with Gasteiger partial charge in [0.2, 0.25) is 0 Å². The van der Waals surface area contributed by atoms with Crippen molar-refractivity contribution in [2.45, 2.75) is 6.92 Å². The molecule has 1 aliphatic rings. The van der Waals surface area contributed by atoms with Gasteiger partial charge in [-0.2, -0.15) is 0 Å². The summed E-state index contributed by atoms with van der Waals surface area (Å²) >= 11 is 7.17. The number of carbonyl (C=O) groups is 2. The summed E-state index contributed by atoms with van der Waals surface area (Å²) in [5, 5.41) is 12.5. The molecule has 150 valence electrons. The van der Waals surface area contributed by atoms with Gasteiger partial charge in [-0.25, -0.2) is 9.79 Å². The first kappa shape index (κ1) is 20.8. The largest absolute Gasteiger partial charge is 0.490 e. The smallest absolute Gasteiger partial charge is 0.341 e. The van der Waals surface area contributed by atoms with Crippen molar-refractivity contribution >= 4 is 52.2 Å². The van der Waals surface area contributed by atoms with Gasteiger partial charge in [-0.15, -0.1) is 0 Å². The Hall–Kier alpha value is -2.97. The molecule has 0 atom stereocenters. The molecule has 1 saturated heterocycles. The molecule has 3 rings (SSSR count). The summed E-state index contributed by atoms with van der Waals surface area (Å²) in [4.78, 5) is 27.8. The molecule has 1 fully saturated rings. The average molecular weight is 433 g/mol. The Morgan fingerprint density at radius 1 is 1.24 bits per heavy atom. The molecule has 9 heteroatoms. The van der Waals surface area contributed by atoms with Gasteiger partial charge in [-0.1, -0.05) is 23.7 Å². The molecule has 0 aliphatic carbocycles. The van der Waals surface area contributed by atoms with Gasteiger partial charge in [0, 0.05) is 5.02 Å². The second-order valence-corrected chi connectivity index (χ2v) is 7.25. The lowest BCUT2D eigenvalue weighted by Gasteiger charge is -2.11. The molecule has 0 saturated carbocycles. The number of ether oxygens (including phenoxy) is 2. The van der Waals surface area contributed by atoms with Crippen molar-refractivity contribution in [1.29, 1.82) is 0 Å². The fourth-order valence-corrected chi connectivity index (χ4v) is 3.46. The van der Waals surface area contributed by atoms with Crippen LogP contribution in [0.2, 0.25) is 5.02 Å². The minimum Gasteiger partial charge on any atom is -0.490 e. The molecule has 7 nitrogen and oxygen atoms in total. The number of hydrogen-bond acceptors (Lipinski definition) is 6. The molecule has 0 unspecified atom stereocenters. The first-order valence-electron chi connectivity index (χ1n) is 8.61. The Kier molecular flexibility index (Phi) is 6.79. The number of rotatable bonds is 7. The Labute approximate surface area is 176 Å². The number of benzene rings is 2. The van der Waals surface area contributed by atoms with Gasteiger partial charge in [0.25, 0.3) is 5.91 Å². The van der Waals surface area contributed by atoms with Gasteiger partial charge >= 0.3 is 5.97 Å². The summed E-state index contributed by atoms with van der Waals surface area (Å²) in [6.45, 7) is 1.72. The summed E-state index contributed by atoms with van der Waals surface area (Å²) in [5.41, 5.74) is 1.35. The maximum Gasteiger partial charge on any atom is 0.341 e. The number of thioether (sulfide) groups is 1. The minimum absolute atomic E-state index is 0.264. The number of amidine groups is 1. The zero-order valence-electron chi connectivity index (χ0n) is 15.3. The van der Waals surface area contributed by atoms with Gasteiger partial charge in [0.1, 0.15) is 0 Å². The van der Waals surface area contributed by atoms with E-state index in [2.05, 4.69) is 10.3 Å². The highest BCUT2D eigenvalue weighted by Gasteiger charge is 2.24. The molecule has 1 aliphatic heterocycles. The van der Waals surface area contributed by atoms with Crippen LogP contribution in [-0.4, -0.2) is 35.4 Å². The molecule has 2 aromatic rings. The molecular weight excluding hydrogens is 416 g/mol. The van der Waals surface area contributed by atoms with E-state index in [0.717, 1.165) is 0 Å². The molecule has 0 radical (unpaired) electrons. The summed E-state index contributed by atoms with van der Waals surface area (Å²) in [6.07, 6.45) is 1.70. The SMILES string of the molecule is CCOc1cc(/C=C2/SC(=Nc3cccc(Cl)c3)NC2=O)ccc1OCC(=O)O. The lowest BCUT2D eigenvalue weighted by atomic mass is 10.2. The Balaban J connectivity index is 1.81. The maximum atomic E-state index is 12.3. The quantitative estimate of drug-likeness (QED) is 0.639. The topological polar surface area (TPSA) is 97.2 Å². The highest BCUT2D eigenvalue weighted by Crippen LogP contribution is 2.32. The van der Waals surface area contributed by atoms with Crippen LogP contribution in [0, 0.1) is 0 Å². The third-order valence-electron chi connectivity index (χ3n) is 3.61. The van der Waals surface area contributed by atoms with Crippen LogP contribution < -0.4 is 14.8 Å². The second-order valence-electron chi connectivity index (χ2n) is 5.78. The van der Waals surface area contributed by atoms with Crippen molar-refractivity contribution in [3.8, 4) is 11.5 Å². The summed E-state index contributed by atoms with van der Waals surface area (Å²) in [5.74, 6) is -0.619. The van der Waals surface area contributed by atoms with E-state index in [4.69, 9.17) is 26.2 Å². The van der Waals surface area contributed by atoms with E-state index < -0.39 is 12.6 Å². The highest BCUT2D eigenvalue weighted by atomic mass is 35.5. The summed E-state index contributed by atoms with van der Waals surface area (Å²) < 4.78 is 10.8. The molecule has 0 bridgehead atoms. The average Bonchev–Trinajstić information content (AvgIpc) is 3.00. The Morgan fingerprint density at radius 3 is 2.79 bits per heavy atom. The van der Waals surface area contributed by atoms with Crippen molar-refractivity contribution in [3.05, 3.63) is 58.0 Å². The number of carboxylic acid groups (broad SMARTS) is 1. The lowest BCUT2D eigenvalue weighted by Crippen LogP contribution is -2.19. The number of hydrogen-bond donors (Lipinski definition) is 2. The van der Waals surface area contributed by atoms with E-state index >= 15 is 0 Å². The van der Waals surface area contributed by atoms with E-state index in [1.54, 1.807) is 48.5 Å². The number of aliphatic carboxylic acids is 1. The number of carboxylic acids is 1. The van der Waals surface area contributed by atoms with Gasteiger partial charge in [-0.3, -0.25) is 4.79 Å². The Morgan fingerprint density at radius 2 is 2.07 bits per heavy atom. The zero-order chi connectivity index (χ0) is 20.8. The van der Waals surface area contributed by atoms with E-state index in [1.807, 2.05) is 6.92 Å². The third-order valence-corrected chi connectivity index (χ3v) is 4.75. The minimum atomic E-state index is -1.08. The molecule has 2 N–H and O–H groups in total. The second kappa shape index (κ2) is 9.49. The molecule has 1 amide bonds. The monoisotopic (exact) mass is 432 g/mol. The van der Waals surface area contributed by atoms with Crippen molar-refractivity contribution in [1.82, 2.24) is 5.32 Å². The van der Waals surface area contributed by atoms with Crippen molar-refractivity contribution in [2.24, 2.45) is 4.99 Å². The van der Waals surface area contributed by atoms with Gasteiger partial charge in [-0.05, 0) is 60.7 Å². The van der Waals surface area contributed by atoms with E-state index in [1.165, 1.54) is 11.8 Å². The van der Waals surface area contributed by atoms with Crippen LogP contribution in [-0.2, 0) is 9.59 Å². The number of aliphatic imine (C=N–C) groups is 1. The van der Waals surface area contributed by atoms with E-state index in [-0.39, 0.29) is 5.91 Å². The predicted molar refractivity (Wildman–Crippen MR) is 113 cm³/mol. The number of nitrogens with zero attached hydrogens (tertiary/aromatic N) is 1. The normalized spacial score (nSPS) is 16.1. The van der Waals surface area contributed by atoms with Gasteiger partial charge < -0.3 is 19.9 Å². The number of amides is 1. The molecule has 0 aromatic heterocycles. The summed E-state index contributed by atoms with van der Waals surface area (Å²) in [6, 6.07) is 12.0. The van der Waals surface area contributed by atoms with Crippen LogP contribution in [0.1, 0.15) is 12.5 Å². The van der Waals surface area contributed by atoms with Crippen LogP contribution >= 0.6 is 23.4 Å². The van der Waals surface area contributed by atoms with Crippen molar-refractivity contribution in [3.63, 3.8) is 0 Å². The maximum absolute atomic E-state index is 12.3. The van der Waals surface area contributed by atoms with E-state index in [9.17, 15) is 9.59 Å². The van der Waals surface area contributed by atoms with Crippen LogP contribution in [0.25, 0.3) is 6.08 Å². The standard InChI is InChI=1S/C20H17ClN2O5S/c1-2-27-16-8-12(6-7-15(16)28-11-18(24)25)9-17-19(26)23-20(29-17)22-14-5-3-4-13(21)10-14/h3-10H,2,11H2,1H3,(H,24,25)(H,22,23,26)/b17-9+. The van der Waals surface area contributed by atoms with Crippen LogP contribution in [0.5, 0.6) is 11.5 Å². The highest BCUT2D eigenvalue weighted by molar-refractivity contribution is 8.18. The van der Waals surface area contributed by atoms with Crippen LogP contribution in [0.4, 0.5) is 5.69 Å². The number of carbonyl (C=O) groups excluding carboxylic acids is 1. The van der Waals surface area contributed by atoms with Crippen molar-refractivity contribution in [2.75, 3.05) is 13.2 Å². The van der Waals surface area contributed by atoms with Gasteiger partial charge in [0.05, 0.1) is 17.2 Å².